The molecule has 0 aromatic carbocycles. The van der Waals surface area contributed by atoms with E-state index in [1.807, 2.05) is 6.92 Å². The van der Waals surface area contributed by atoms with Crippen LogP contribution in [0.1, 0.15) is 78.1 Å². The van der Waals surface area contributed by atoms with E-state index >= 15 is 0 Å². The number of aldehydes is 1. The second-order valence-electron chi connectivity index (χ2n) is 6.69. The molecule has 0 N–H and O–H groups in total. The molecular formula is C20H34O. The largest absolute Gasteiger partial charge is 0.303 e. The summed E-state index contributed by atoms with van der Waals surface area (Å²) in [7, 11) is 0. The maximum atomic E-state index is 10.6. The highest BCUT2D eigenvalue weighted by Crippen LogP contribution is 2.35. The molecule has 120 valence electrons. The molecular weight excluding hydrogens is 256 g/mol. The van der Waals surface area contributed by atoms with Crippen molar-refractivity contribution in [1.82, 2.24) is 0 Å². The van der Waals surface area contributed by atoms with Crippen LogP contribution in [-0.4, -0.2) is 6.29 Å². The van der Waals surface area contributed by atoms with Crippen LogP contribution in [0.4, 0.5) is 0 Å². The van der Waals surface area contributed by atoms with Gasteiger partial charge in [0.25, 0.3) is 0 Å². The highest BCUT2D eigenvalue weighted by Gasteiger charge is 2.23. The van der Waals surface area contributed by atoms with Gasteiger partial charge < -0.3 is 4.79 Å². The third-order valence-electron chi connectivity index (χ3n) is 4.67. The Morgan fingerprint density at radius 1 is 1.10 bits per heavy atom. The molecule has 1 rings (SSSR count). The molecule has 1 fully saturated rings. The predicted molar refractivity (Wildman–Crippen MR) is 92.3 cm³/mol. The first kappa shape index (κ1) is 18.2. The van der Waals surface area contributed by atoms with E-state index in [2.05, 4.69) is 31.2 Å². The van der Waals surface area contributed by atoms with Crippen LogP contribution >= 0.6 is 0 Å². The van der Waals surface area contributed by atoms with Crippen molar-refractivity contribution in [1.29, 1.82) is 0 Å². The van der Waals surface area contributed by atoms with E-state index in [-0.39, 0.29) is 5.92 Å². The standard InChI is InChI=1S/C20H34O/c1-3-4-5-6-7-8-13-19-15-11-16-20(19)14-10-9-12-18(2)17-21/h8-10,13,17-20H,3-7,11-12,14-16H2,1-2H3/b10-9-,13-8+/t18?,19-,20-/m0/s1. The van der Waals surface area contributed by atoms with Gasteiger partial charge in [0.2, 0.25) is 0 Å². The number of rotatable bonds is 11. The zero-order chi connectivity index (χ0) is 15.3. The van der Waals surface area contributed by atoms with Crippen molar-refractivity contribution in [2.45, 2.75) is 78.1 Å². The molecule has 1 aliphatic carbocycles. The highest BCUT2D eigenvalue weighted by molar-refractivity contribution is 5.52. The lowest BCUT2D eigenvalue weighted by molar-refractivity contribution is -0.110. The van der Waals surface area contributed by atoms with Gasteiger partial charge in [0, 0.05) is 5.92 Å². The molecule has 0 aromatic rings. The van der Waals surface area contributed by atoms with Crippen LogP contribution in [-0.2, 0) is 4.79 Å². The molecule has 0 bridgehead atoms. The minimum atomic E-state index is 0.170. The summed E-state index contributed by atoms with van der Waals surface area (Å²) in [5.74, 6) is 1.80. The van der Waals surface area contributed by atoms with Crippen molar-refractivity contribution in [2.75, 3.05) is 0 Å². The Kier molecular flexibility index (Phi) is 10.2. The Hall–Kier alpha value is -0.850. The SMILES string of the molecule is CCCCCC/C=C/[C@H]1CCC[C@@H]1C/C=C\CC(C)C=O. The summed E-state index contributed by atoms with van der Waals surface area (Å²) < 4.78 is 0. The monoisotopic (exact) mass is 290 g/mol. The fraction of sp³-hybridized carbons (Fsp3) is 0.750. The number of carbonyl (C=O) groups excluding carboxylic acids is 1. The van der Waals surface area contributed by atoms with Crippen molar-refractivity contribution < 1.29 is 4.79 Å². The van der Waals surface area contributed by atoms with E-state index in [1.165, 1.54) is 57.8 Å². The van der Waals surface area contributed by atoms with E-state index in [1.54, 1.807) is 0 Å². The molecule has 0 aliphatic heterocycles. The van der Waals surface area contributed by atoms with Gasteiger partial charge in [-0.05, 0) is 50.4 Å². The van der Waals surface area contributed by atoms with Crippen molar-refractivity contribution in [3.05, 3.63) is 24.3 Å². The molecule has 1 aliphatic rings. The van der Waals surface area contributed by atoms with Crippen LogP contribution in [0.25, 0.3) is 0 Å². The van der Waals surface area contributed by atoms with Gasteiger partial charge in [0.1, 0.15) is 6.29 Å². The van der Waals surface area contributed by atoms with Crippen LogP contribution in [0.5, 0.6) is 0 Å². The number of hydrogen-bond acceptors (Lipinski definition) is 1. The minimum absolute atomic E-state index is 0.170. The number of hydrogen-bond donors (Lipinski definition) is 0. The van der Waals surface area contributed by atoms with Crippen molar-refractivity contribution in [3.8, 4) is 0 Å². The molecule has 0 heterocycles. The average molecular weight is 290 g/mol. The lowest BCUT2D eigenvalue weighted by Gasteiger charge is -2.14. The molecule has 21 heavy (non-hydrogen) atoms. The molecule has 0 saturated heterocycles. The Labute approximate surface area is 131 Å². The maximum absolute atomic E-state index is 10.6. The van der Waals surface area contributed by atoms with Gasteiger partial charge in [-0.15, -0.1) is 0 Å². The first-order valence-electron chi connectivity index (χ1n) is 9.04. The average Bonchev–Trinajstić information content (AvgIpc) is 2.94. The zero-order valence-electron chi connectivity index (χ0n) is 14.1. The normalized spacial score (nSPS) is 24.1. The second kappa shape index (κ2) is 11.8. The number of allylic oxidation sites excluding steroid dienone is 4. The van der Waals surface area contributed by atoms with Crippen LogP contribution < -0.4 is 0 Å². The Bertz CT molecular complexity index is 316. The van der Waals surface area contributed by atoms with Crippen molar-refractivity contribution >= 4 is 6.29 Å². The minimum Gasteiger partial charge on any atom is -0.303 e. The van der Waals surface area contributed by atoms with Gasteiger partial charge in [-0.25, -0.2) is 0 Å². The summed E-state index contributed by atoms with van der Waals surface area (Å²) in [5.41, 5.74) is 0. The van der Waals surface area contributed by atoms with Gasteiger partial charge in [-0.2, -0.15) is 0 Å². The lowest BCUT2D eigenvalue weighted by Crippen LogP contribution is -2.03. The van der Waals surface area contributed by atoms with E-state index < -0.39 is 0 Å². The number of carbonyl (C=O) groups is 1. The Morgan fingerprint density at radius 3 is 2.71 bits per heavy atom. The molecule has 1 nitrogen and oxygen atoms in total. The molecule has 1 heteroatoms. The zero-order valence-corrected chi connectivity index (χ0v) is 14.1. The summed E-state index contributed by atoms with van der Waals surface area (Å²) in [4.78, 5) is 10.6. The van der Waals surface area contributed by atoms with E-state index in [4.69, 9.17) is 0 Å². The van der Waals surface area contributed by atoms with Gasteiger partial charge in [-0.3, -0.25) is 0 Å². The topological polar surface area (TPSA) is 17.1 Å². The van der Waals surface area contributed by atoms with Crippen molar-refractivity contribution in [2.24, 2.45) is 17.8 Å². The van der Waals surface area contributed by atoms with Crippen LogP contribution in [0, 0.1) is 17.8 Å². The van der Waals surface area contributed by atoms with E-state index in [0.717, 1.165) is 24.5 Å². The highest BCUT2D eigenvalue weighted by atomic mass is 16.1. The molecule has 3 atom stereocenters. The summed E-state index contributed by atoms with van der Waals surface area (Å²) in [6.45, 7) is 4.25. The van der Waals surface area contributed by atoms with Gasteiger partial charge in [-0.1, -0.05) is 63.8 Å². The Balaban J connectivity index is 2.21. The summed E-state index contributed by atoms with van der Waals surface area (Å²) in [5, 5.41) is 0. The van der Waals surface area contributed by atoms with E-state index in [9.17, 15) is 4.79 Å². The molecule has 1 unspecified atom stereocenters. The Morgan fingerprint density at radius 2 is 1.95 bits per heavy atom. The molecule has 0 radical (unpaired) electrons. The number of unbranched alkanes of at least 4 members (excludes halogenated alkanes) is 4. The van der Waals surface area contributed by atoms with Crippen molar-refractivity contribution in [3.63, 3.8) is 0 Å². The smallest absolute Gasteiger partial charge is 0.123 e. The predicted octanol–water partition coefficient (Wildman–Crippen LogP) is 6.10. The lowest BCUT2D eigenvalue weighted by atomic mass is 9.91. The van der Waals surface area contributed by atoms with Gasteiger partial charge in [0.05, 0.1) is 0 Å². The first-order valence-corrected chi connectivity index (χ1v) is 9.04. The van der Waals surface area contributed by atoms with Crippen LogP contribution in [0.2, 0.25) is 0 Å². The molecule has 1 saturated carbocycles. The fourth-order valence-electron chi connectivity index (χ4n) is 3.21. The molecule has 0 amide bonds. The summed E-state index contributed by atoms with van der Waals surface area (Å²) in [6.07, 6.45) is 23.4. The van der Waals surface area contributed by atoms with Crippen LogP contribution in [0.3, 0.4) is 0 Å². The van der Waals surface area contributed by atoms with Gasteiger partial charge >= 0.3 is 0 Å². The first-order chi connectivity index (χ1) is 10.3. The van der Waals surface area contributed by atoms with Crippen LogP contribution in [0.15, 0.2) is 24.3 Å². The quantitative estimate of drug-likeness (QED) is 0.255. The fourth-order valence-corrected chi connectivity index (χ4v) is 3.21. The summed E-state index contributed by atoms with van der Waals surface area (Å²) in [6, 6.07) is 0. The second-order valence-corrected chi connectivity index (χ2v) is 6.69. The van der Waals surface area contributed by atoms with Gasteiger partial charge in [0.15, 0.2) is 0 Å². The molecule has 0 aromatic heterocycles. The maximum Gasteiger partial charge on any atom is 0.123 e. The third-order valence-corrected chi connectivity index (χ3v) is 4.67. The summed E-state index contributed by atoms with van der Waals surface area (Å²) >= 11 is 0. The third kappa shape index (κ3) is 8.24. The van der Waals surface area contributed by atoms with E-state index in [0.29, 0.717) is 0 Å². The molecule has 0 spiro atoms.